The van der Waals surface area contributed by atoms with E-state index >= 15 is 0 Å². The lowest BCUT2D eigenvalue weighted by Crippen LogP contribution is -2.26. The van der Waals surface area contributed by atoms with Gasteiger partial charge in [-0.1, -0.05) is 20.8 Å². The summed E-state index contributed by atoms with van der Waals surface area (Å²) < 4.78 is 0.408. The van der Waals surface area contributed by atoms with Crippen molar-refractivity contribution in [2.24, 2.45) is 0 Å². The average Bonchev–Trinajstić information content (AvgIpc) is 2.82. The third-order valence-electron chi connectivity index (χ3n) is 3.75. The summed E-state index contributed by atoms with van der Waals surface area (Å²) in [6.07, 6.45) is 4.46. The van der Waals surface area contributed by atoms with Crippen LogP contribution < -0.4 is 10.2 Å². The maximum atomic E-state index is 4.65. The molecule has 1 unspecified atom stereocenters. The molecule has 1 fully saturated rings. The van der Waals surface area contributed by atoms with Gasteiger partial charge in [-0.3, -0.25) is 0 Å². The van der Waals surface area contributed by atoms with Crippen molar-refractivity contribution in [2.75, 3.05) is 30.3 Å². The standard InChI is InChI=1S/C15H27N3S2/c1-5-7-16-12(2)13-11-17-14(20-13)18-8-6-15(3,4)19-10-9-18/h11-12,16H,5-10H2,1-4H3. The first-order valence-corrected chi connectivity index (χ1v) is 9.40. The van der Waals surface area contributed by atoms with Crippen molar-refractivity contribution in [3.05, 3.63) is 11.1 Å². The molecular weight excluding hydrogens is 286 g/mol. The Balaban J connectivity index is 1.97. The maximum absolute atomic E-state index is 4.65. The van der Waals surface area contributed by atoms with Gasteiger partial charge < -0.3 is 10.2 Å². The first-order valence-electron chi connectivity index (χ1n) is 7.60. The fraction of sp³-hybridized carbons (Fsp3) is 0.800. The lowest BCUT2D eigenvalue weighted by atomic mass is 10.1. The summed E-state index contributed by atoms with van der Waals surface area (Å²) in [5, 5.41) is 4.74. The van der Waals surface area contributed by atoms with E-state index < -0.39 is 0 Å². The van der Waals surface area contributed by atoms with Crippen LogP contribution >= 0.6 is 23.1 Å². The van der Waals surface area contributed by atoms with Gasteiger partial charge in [0.2, 0.25) is 0 Å². The van der Waals surface area contributed by atoms with Gasteiger partial charge in [0.1, 0.15) is 0 Å². The summed E-state index contributed by atoms with van der Waals surface area (Å²) in [5.74, 6) is 1.20. The quantitative estimate of drug-likeness (QED) is 0.891. The Morgan fingerprint density at radius 3 is 3.00 bits per heavy atom. The molecule has 1 aliphatic heterocycles. The Hall–Kier alpha value is -0.260. The first-order chi connectivity index (χ1) is 9.52. The van der Waals surface area contributed by atoms with Gasteiger partial charge in [0.05, 0.1) is 0 Å². The topological polar surface area (TPSA) is 28.2 Å². The zero-order chi connectivity index (χ0) is 14.6. The summed E-state index contributed by atoms with van der Waals surface area (Å²) in [6.45, 7) is 12.5. The molecule has 114 valence electrons. The van der Waals surface area contributed by atoms with Crippen molar-refractivity contribution < 1.29 is 0 Å². The van der Waals surface area contributed by atoms with Crippen LogP contribution in [0.1, 0.15) is 51.5 Å². The van der Waals surface area contributed by atoms with E-state index in [0.717, 1.165) is 19.6 Å². The summed E-state index contributed by atoms with van der Waals surface area (Å²) in [6, 6.07) is 0.416. The minimum atomic E-state index is 0.408. The molecule has 0 aliphatic carbocycles. The van der Waals surface area contributed by atoms with Crippen LogP contribution in [0.4, 0.5) is 5.13 Å². The lowest BCUT2D eigenvalue weighted by Gasteiger charge is -2.22. The molecule has 1 aliphatic rings. The van der Waals surface area contributed by atoms with Crippen LogP contribution in [0.3, 0.4) is 0 Å². The molecule has 0 spiro atoms. The molecule has 1 aromatic heterocycles. The van der Waals surface area contributed by atoms with Crippen LogP contribution in [0.5, 0.6) is 0 Å². The van der Waals surface area contributed by atoms with Gasteiger partial charge in [-0.15, -0.1) is 11.3 Å². The molecule has 0 bridgehead atoms. The van der Waals surface area contributed by atoms with Crippen molar-refractivity contribution in [2.45, 2.75) is 51.3 Å². The van der Waals surface area contributed by atoms with Crippen LogP contribution in [0.2, 0.25) is 0 Å². The average molecular weight is 314 g/mol. The van der Waals surface area contributed by atoms with E-state index in [1.165, 1.54) is 28.6 Å². The van der Waals surface area contributed by atoms with E-state index in [9.17, 15) is 0 Å². The number of aromatic nitrogens is 1. The molecule has 1 aromatic rings. The molecule has 1 saturated heterocycles. The van der Waals surface area contributed by atoms with E-state index in [4.69, 9.17) is 0 Å². The maximum Gasteiger partial charge on any atom is 0.185 e. The Morgan fingerprint density at radius 1 is 1.45 bits per heavy atom. The number of thioether (sulfide) groups is 1. The molecule has 20 heavy (non-hydrogen) atoms. The predicted octanol–water partition coefficient (Wildman–Crippen LogP) is 3.93. The molecule has 1 N–H and O–H groups in total. The van der Waals surface area contributed by atoms with E-state index in [-0.39, 0.29) is 0 Å². The molecule has 0 saturated carbocycles. The monoisotopic (exact) mass is 313 g/mol. The molecule has 2 heterocycles. The summed E-state index contributed by atoms with van der Waals surface area (Å²) in [5.41, 5.74) is 0. The van der Waals surface area contributed by atoms with Gasteiger partial charge >= 0.3 is 0 Å². The number of nitrogens with zero attached hydrogens (tertiary/aromatic N) is 2. The predicted molar refractivity (Wildman–Crippen MR) is 92.2 cm³/mol. The van der Waals surface area contributed by atoms with E-state index in [0.29, 0.717) is 10.8 Å². The SMILES string of the molecule is CCCNC(C)c1cnc(N2CCSC(C)(C)CC2)s1. The highest BCUT2D eigenvalue weighted by atomic mass is 32.2. The molecular formula is C15H27N3S2. The van der Waals surface area contributed by atoms with E-state index in [1.54, 1.807) is 0 Å². The fourth-order valence-electron chi connectivity index (χ4n) is 2.30. The van der Waals surface area contributed by atoms with E-state index in [2.05, 4.69) is 60.9 Å². The van der Waals surface area contributed by atoms with E-state index in [1.807, 2.05) is 11.3 Å². The van der Waals surface area contributed by atoms with Gasteiger partial charge in [0, 0.05) is 40.7 Å². The highest BCUT2D eigenvalue weighted by molar-refractivity contribution is 8.00. The highest BCUT2D eigenvalue weighted by Crippen LogP contribution is 2.34. The third kappa shape index (κ3) is 4.37. The lowest BCUT2D eigenvalue weighted by molar-refractivity contribution is 0.577. The minimum absolute atomic E-state index is 0.408. The Kier molecular flexibility index (Phi) is 5.75. The first kappa shape index (κ1) is 16.1. The van der Waals surface area contributed by atoms with Gasteiger partial charge in [0.15, 0.2) is 5.13 Å². The molecule has 3 nitrogen and oxygen atoms in total. The van der Waals surface area contributed by atoms with Crippen molar-refractivity contribution in [1.82, 2.24) is 10.3 Å². The Morgan fingerprint density at radius 2 is 2.25 bits per heavy atom. The number of anilines is 1. The third-order valence-corrected chi connectivity index (χ3v) is 6.36. The second-order valence-corrected chi connectivity index (χ2v) is 8.91. The Labute approximate surface area is 131 Å². The van der Waals surface area contributed by atoms with Crippen LogP contribution in [-0.2, 0) is 0 Å². The molecule has 0 radical (unpaired) electrons. The molecule has 5 heteroatoms. The number of thiazole rings is 1. The van der Waals surface area contributed by atoms with Gasteiger partial charge in [-0.25, -0.2) is 4.98 Å². The van der Waals surface area contributed by atoms with Crippen LogP contribution in [0.15, 0.2) is 6.20 Å². The fourth-order valence-corrected chi connectivity index (χ4v) is 4.39. The van der Waals surface area contributed by atoms with Crippen LogP contribution in [-0.4, -0.2) is 35.1 Å². The molecule has 0 aromatic carbocycles. The minimum Gasteiger partial charge on any atom is -0.347 e. The van der Waals surface area contributed by atoms with Crippen molar-refractivity contribution >= 4 is 28.2 Å². The molecule has 2 rings (SSSR count). The van der Waals surface area contributed by atoms with Crippen molar-refractivity contribution in [3.8, 4) is 0 Å². The zero-order valence-electron chi connectivity index (χ0n) is 13.1. The van der Waals surface area contributed by atoms with Crippen molar-refractivity contribution in [1.29, 1.82) is 0 Å². The van der Waals surface area contributed by atoms with Gasteiger partial charge in [0.25, 0.3) is 0 Å². The number of nitrogens with one attached hydrogen (secondary N) is 1. The molecule has 1 atom stereocenters. The van der Waals surface area contributed by atoms with Crippen LogP contribution in [0, 0.1) is 0 Å². The second kappa shape index (κ2) is 7.14. The summed E-state index contributed by atoms with van der Waals surface area (Å²) in [7, 11) is 0. The smallest absolute Gasteiger partial charge is 0.185 e. The number of hydrogen-bond donors (Lipinski definition) is 1. The molecule has 0 amide bonds. The van der Waals surface area contributed by atoms with Gasteiger partial charge in [-0.2, -0.15) is 11.8 Å². The Bertz CT molecular complexity index is 417. The zero-order valence-corrected chi connectivity index (χ0v) is 14.7. The number of hydrogen-bond acceptors (Lipinski definition) is 5. The van der Waals surface area contributed by atoms with Crippen LogP contribution in [0.25, 0.3) is 0 Å². The number of rotatable bonds is 5. The van der Waals surface area contributed by atoms with Gasteiger partial charge in [-0.05, 0) is 26.3 Å². The summed E-state index contributed by atoms with van der Waals surface area (Å²) in [4.78, 5) is 8.47. The largest absolute Gasteiger partial charge is 0.347 e. The summed E-state index contributed by atoms with van der Waals surface area (Å²) >= 11 is 3.94. The normalized spacial score (nSPS) is 20.7. The highest BCUT2D eigenvalue weighted by Gasteiger charge is 2.25. The second-order valence-electron chi connectivity index (χ2n) is 6.07. The van der Waals surface area contributed by atoms with Crippen molar-refractivity contribution in [3.63, 3.8) is 0 Å².